The van der Waals surface area contributed by atoms with Gasteiger partial charge in [-0.15, -0.1) is 4.28 Å². The van der Waals surface area contributed by atoms with Crippen LogP contribution in [0.25, 0.3) is 0 Å². The number of fused-ring (bicyclic) bond motifs is 2. The van der Waals surface area contributed by atoms with E-state index in [1.807, 2.05) is 0 Å². The Bertz CT molecular complexity index is 903. The summed E-state index contributed by atoms with van der Waals surface area (Å²) >= 11 is 0. The van der Waals surface area contributed by atoms with Crippen LogP contribution in [0.1, 0.15) is 40.0 Å². The van der Waals surface area contributed by atoms with E-state index in [2.05, 4.69) is 15.1 Å². The van der Waals surface area contributed by atoms with Crippen molar-refractivity contribution in [3.05, 3.63) is 0 Å². The number of hydrogen-bond acceptors (Lipinski definition) is 8. The smallest absolute Gasteiger partial charge is 0.418 e. The number of ether oxygens (including phenoxy) is 1. The van der Waals surface area contributed by atoms with Crippen LogP contribution in [0.2, 0.25) is 0 Å². The Kier molecular flexibility index (Phi) is 6.53. The van der Waals surface area contributed by atoms with Crippen LogP contribution in [0.15, 0.2) is 0 Å². The zero-order chi connectivity index (χ0) is 23.8. The molecule has 3 N–H and O–H groups in total. The molecule has 3 aliphatic heterocycles. The molecule has 180 valence electrons. The zero-order valence-corrected chi connectivity index (χ0v) is 18.8. The Morgan fingerprint density at radius 2 is 1.72 bits per heavy atom. The molecule has 3 atom stereocenters. The first-order valence-corrected chi connectivity index (χ1v) is 11.5. The fraction of sp³-hybridized carbons (Fsp3) is 0.765. The predicted molar refractivity (Wildman–Crippen MR) is 106 cm³/mol. The Labute approximate surface area is 185 Å². The van der Waals surface area contributed by atoms with Gasteiger partial charge in [0.25, 0.3) is 5.91 Å². The summed E-state index contributed by atoms with van der Waals surface area (Å²) in [6.07, 6.45) is 0.354. The van der Waals surface area contributed by atoms with Gasteiger partial charge in [0.1, 0.15) is 11.6 Å². The van der Waals surface area contributed by atoms with Crippen molar-refractivity contribution < 1.29 is 41.2 Å². The lowest BCUT2D eigenvalue weighted by Crippen LogP contribution is -2.55. The van der Waals surface area contributed by atoms with Crippen LogP contribution in [0.4, 0.5) is 9.59 Å². The Morgan fingerprint density at radius 1 is 1.06 bits per heavy atom. The van der Waals surface area contributed by atoms with Crippen LogP contribution in [0, 0.1) is 5.92 Å². The monoisotopic (exact) mass is 477 g/mol. The number of hydrazine groups is 1. The maximum absolute atomic E-state index is 12.5. The number of nitrogens with one attached hydrogen (secondary N) is 2. The molecular weight excluding hydrogens is 450 g/mol. The molecule has 0 aliphatic carbocycles. The topological polar surface area (TPSA) is 175 Å². The summed E-state index contributed by atoms with van der Waals surface area (Å²) < 4.78 is 40.3. The number of piperidine rings is 1. The second-order valence-electron chi connectivity index (χ2n) is 8.90. The van der Waals surface area contributed by atoms with Crippen molar-refractivity contribution in [2.45, 2.75) is 57.7 Å². The van der Waals surface area contributed by atoms with E-state index in [-0.39, 0.29) is 25.9 Å². The number of hydrogen-bond donors (Lipinski definition) is 3. The minimum absolute atomic E-state index is 0.0356. The van der Waals surface area contributed by atoms with E-state index in [4.69, 9.17) is 9.29 Å². The number of likely N-dealkylation sites (tertiary alicyclic amines) is 1. The Hall–Kier alpha value is -2.65. The molecule has 0 saturated carbocycles. The summed E-state index contributed by atoms with van der Waals surface area (Å²) in [4.78, 5) is 52.0. The van der Waals surface area contributed by atoms with Crippen LogP contribution in [-0.4, -0.2) is 89.1 Å². The number of rotatable bonds is 4. The van der Waals surface area contributed by atoms with Crippen molar-refractivity contribution in [2.24, 2.45) is 5.92 Å². The van der Waals surface area contributed by atoms with Crippen molar-refractivity contribution in [3.63, 3.8) is 0 Å². The maximum Gasteiger partial charge on any atom is 0.418 e. The Morgan fingerprint density at radius 3 is 2.34 bits per heavy atom. The lowest BCUT2D eigenvalue weighted by atomic mass is 10.0. The molecule has 2 bridgehead atoms. The summed E-state index contributed by atoms with van der Waals surface area (Å²) in [6, 6.07) is -2.45. The molecule has 0 spiro atoms. The number of amides is 5. The van der Waals surface area contributed by atoms with Gasteiger partial charge in [0, 0.05) is 19.6 Å². The third kappa shape index (κ3) is 5.58. The van der Waals surface area contributed by atoms with Gasteiger partial charge in [0.15, 0.2) is 0 Å². The van der Waals surface area contributed by atoms with Gasteiger partial charge in [0.2, 0.25) is 5.91 Å². The van der Waals surface area contributed by atoms with Crippen molar-refractivity contribution in [1.82, 2.24) is 25.7 Å². The highest BCUT2D eigenvalue weighted by atomic mass is 32.3. The molecule has 1 unspecified atom stereocenters. The van der Waals surface area contributed by atoms with Crippen molar-refractivity contribution in [1.29, 1.82) is 0 Å². The molecule has 32 heavy (non-hydrogen) atoms. The highest BCUT2D eigenvalue weighted by Crippen LogP contribution is 2.30. The SMILES string of the molecule is CC(C)(C)OC(=O)N1CCC(C(=O)NNC(=O)[C@@H]2CC[C@@H]3CN2C(=O)N3OS(=O)(=O)O)C1. The number of urea groups is 1. The maximum atomic E-state index is 12.5. The molecule has 3 saturated heterocycles. The van der Waals surface area contributed by atoms with E-state index >= 15 is 0 Å². The van der Waals surface area contributed by atoms with E-state index in [0.717, 1.165) is 4.90 Å². The largest absolute Gasteiger partial charge is 0.444 e. The fourth-order valence-electron chi connectivity index (χ4n) is 3.88. The quantitative estimate of drug-likeness (QED) is 0.352. The summed E-state index contributed by atoms with van der Waals surface area (Å²) in [5.74, 6) is -1.67. The van der Waals surface area contributed by atoms with Crippen molar-refractivity contribution >= 4 is 34.3 Å². The molecule has 0 aromatic heterocycles. The second-order valence-corrected chi connectivity index (χ2v) is 9.90. The average molecular weight is 477 g/mol. The minimum Gasteiger partial charge on any atom is -0.444 e. The molecule has 14 nitrogen and oxygen atoms in total. The lowest BCUT2D eigenvalue weighted by Gasteiger charge is -2.29. The first kappa shape index (κ1) is 24.0. The zero-order valence-electron chi connectivity index (χ0n) is 17.9. The Balaban J connectivity index is 1.49. The van der Waals surface area contributed by atoms with Gasteiger partial charge < -0.3 is 14.5 Å². The second kappa shape index (κ2) is 8.71. The molecule has 0 aromatic carbocycles. The van der Waals surface area contributed by atoms with Gasteiger partial charge in [-0.2, -0.15) is 13.5 Å². The van der Waals surface area contributed by atoms with E-state index in [9.17, 15) is 27.6 Å². The highest BCUT2D eigenvalue weighted by Gasteiger charge is 2.49. The fourth-order valence-corrected chi connectivity index (χ4v) is 4.27. The average Bonchev–Trinajstić information content (AvgIpc) is 3.24. The van der Waals surface area contributed by atoms with Gasteiger partial charge in [-0.1, -0.05) is 0 Å². The van der Waals surface area contributed by atoms with Crippen LogP contribution < -0.4 is 10.9 Å². The first-order valence-electron chi connectivity index (χ1n) is 10.1. The third-order valence-corrected chi connectivity index (χ3v) is 5.67. The molecule has 3 heterocycles. The minimum atomic E-state index is -4.88. The lowest BCUT2D eigenvalue weighted by molar-refractivity contribution is -0.133. The van der Waals surface area contributed by atoms with Crippen LogP contribution in [0.5, 0.6) is 0 Å². The molecule has 3 fully saturated rings. The molecule has 0 radical (unpaired) electrons. The molecule has 3 aliphatic rings. The van der Waals surface area contributed by atoms with Crippen LogP contribution in [-0.2, 0) is 29.0 Å². The standard InChI is InChI=1S/C17H27N5O9S/c1-17(2,3)30-16(26)20-7-6-10(8-20)13(23)18-19-14(24)12-5-4-11-9-21(12)15(25)22(11)31-32(27,28)29/h10-12H,4-9H2,1-3H3,(H,18,23)(H,19,24)(H,27,28,29)/t10?,11-,12+/m1/s1. The number of carbonyl (C=O) groups excluding carboxylic acids is 4. The molecule has 15 heteroatoms. The number of nitrogens with zero attached hydrogens (tertiary/aromatic N) is 3. The number of carbonyl (C=O) groups is 4. The molecule has 0 aromatic rings. The summed E-state index contributed by atoms with van der Waals surface area (Å²) in [6.45, 7) is 5.76. The van der Waals surface area contributed by atoms with E-state index in [1.165, 1.54) is 4.90 Å². The predicted octanol–water partition coefficient (Wildman–Crippen LogP) is -0.606. The third-order valence-electron chi connectivity index (χ3n) is 5.32. The highest BCUT2D eigenvalue weighted by molar-refractivity contribution is 7.80. The summed E-state index contributed by atoms with van der Waals surface area (Å²) in [7, 11) is -4.88. The van der Waals surface area contributed by atoms with Gasteiger partial charge >= 0.3 is 22.5 Å². The van der Waals surface area contributed by atoms with Gasteiger partial charge in [-0.3, -0.25) is 25.0 Å². The van der Waals surface area contributed by atoms with Gasteiger partial charge in [-0.05, 0) is 40.0 Å². The van der Waals surface area contributed by atoms with Crippen LogP contribution >= 0.6 is 0 Å². The summed E-state index contributed by atoms with van der Waals surface area (Å²) in [5.41, 5.74) is 3.95. The van der Waals surface area contributed by atoms with Crippen molar-refractivity contribution in [2.75, 3.05) is 19.6 Å². The molecule has 3 rings (SSSR count). The van der Waals surface area contributed by atoms with Crippen molar-refractivity contribution in [3.8, 4) is 0 Å². The normalized spacial score (nSPS) is 25.7. The molecular formula is C17H27N5O9S. The van der Waals surface area contributed by atoms with Crippen LogP contribution in [0.3, 0.4) is 0 Å². The summed E-state index contributed by atoms with van der Waals surface area (Å²) in [5, 5.41) is 0.533. The first-order chi connectivity index (χ1) is 14.7. The van der Waals surface area contributed by atoms with E-state index in [0.29, 0.717) is 18.0 Å². The molecule has 5 amide bonds. The van der Waals surface area contributed by atoms with E-state index in [1.54, 1.807) is 20.8 Å². The van der Waals surface area contributed by atoms with E-state index < -0.39 is 57.9 Å². The van der Waals surface area contributed by atoms with Gasteiger partial charge in [0.05, 0.1) is 12.0 Å². The number of hydroxylamine groups is 2. The van der Waals surface area contributed by atoms with Gasteiger partial charge in [-0.25, -0.2) is 9.59 Å².